The summed E-state index contributed by atoms with van der Waals surface area (Å²) >= 11 is 0. The van der Waals surface area contributed by atoms with Crippen LogP contribution in [0.2, 0.25) is 0 Å². The van der Waals surface area contributed by atoms with E-state index in [-0.39, 0.29) is 18.2 Å². The van der Waals surface area contributed by atoms with Crippen molar-refractivity contribution in [2.45, 2.75) is 13.2 Å². The van der Waals surface area contributed by atoms with Crippen molar-refractivity contribution in [2.75, 3.05) is 0 Å². The lowest BCUT2D eigenvalue weighted by atomic mass is 10.1. The average molecular weight is 249 g/mol. The molecule has 2 aromatic rings. The highest BCUT2D eigenvalue weighted by molar-refractivity contribution is 5.26. The van der Waals surface area contributed by atoms with Gasteiger partial charge in [-0.05, 0) is 29.8 Å². The molecule has 0 aliphatic heterocycles. The van der Waals surface area contributed by atoms with Crippen LogP contribution in [0, 0.1) is 11.6 Å². The molecule has 0 spiro atoms. The Labute approximate surface area is 104 Å². The molecule has 0 aliphatic rings. The van der Waals surface area contributed by atoms with Crippen molar-refractivity contribution in [1.29, 1.82) is 0 Å². The van der Waals surface area contributed by atoms with Gasteiger partial charge in [0.15, 0.2) is 0 Å². The molecule has 2 aromatic carbocycles. The van der Waals surface area contributed by atoms with Crippen LogP contribution in [0.25, 0.3) is 0 Å². The fourth-order valence-electron chi connectivity index (χ4n) is 1.58. The lowest BCUT2D eigenvalue weighted by molar-refractivity contribution is 0.298. The van der Waals surface area contributed by atoms with Gasteiger partial charge < -0.3 is 10.5 Å². The second-order valence-electron chi connectivity index (χ2n) is 3.88. The van der Waals surface area contributed by atoms with Crippen LogP contribution in [0.5, 0.6) is 5.75 Å². The zero-order chi connectivity index (χ0) is 13.0. The van der Waals surface area contributed by atoms with Crippen molar-refractivity contribution >= 4 is 0 Å². The molecule has 0 saturated heterocycles. The molecule has 0 aliphatic carbocycles. The van der Waals surface area contributed by atoms with Gasteiger partial charge in [-0.15, -0.1) is 0 Å². The summed E-state index contributed by atoms with van der Waals surface area (Å²) in [5, 5.41) is 0. The summed E-state index contributed by atoms with van der Waals surface area (Å²) in [5.74, 6) is -0.375. The number of hydrogen-bond acceptors (Lipinski definition) is 2. The molecule has 0 unspecified atom stereocenters. The normalized spacial score (nSPS) is 10.4. The lowest BCUT2D eigenvalue weighted by Crippen LogP contribution is -2.02. The molecule has 2 rings (SSSR count). The summed E-state index contributed by atoms with van der Waals surface area (Å²) in [5.41, 5.74) is 6.72. The molecule has 0 atom stereocenters. The number of ether oxygens (including phenoxy) is 1. The number of benzene rings is 2. The van der Waals surface area contributed by atoms with Crippen molar-refractivity contribution in [2.24, 2.45) is 5.73 Å². The van der Waals surface area contributed by atoms with E-state index in [2.05, 4.69) is 0 Å². The maximum atomic E-state index is 13.5. The van der Waals surface area contributed by atoms with Crippen molar-refractivity contribution in [3.8, 4) is 5.75 Å². The van der Waals surface area contributed by atoms with Gasteiger partial charge in [0.1, 0.15) is 24.0 Å². The van der Waals surface area contributed by atoms with Gasteiger partial charge in [0.05, 0.1) is 0 Å². The molecule has 94 valence electrons. The summed E-state index contributed by atoms with van der Waals surface area (Å²) in [6, 6.07) is 10.4. The van der Waals surface area contributed by atoms with Crippen molar-refractivity contribution < 1.29 is 13.5 Å². The number of nitrogens with two attached hydrogens (primary N) is 1. The van der Waals surface area contributed by atoms with Gasteiger partial charge in [-0.25, -0.2) is 8.78 Å². The van der Waals surface area contributed by atoms with Crippen molar-refractivity contribution in [3.63, 3.8) is 0 Å². The predicted molar refractivity (Wildman–Crippen MR) is 65.0 cm³/mol. The maximum Gasteiger partial charge on any atom is 0.129 e. The quantitative estimate of drug-likeness (QED) is 0.904. The zero-order valence-electron chi connectivity index (χ0n) is 9.70. The third-order valence-electron chi connectivity index (χ3n) is 2.54. The van der Waals surface area contributed by atoms with E-state index in [4.69, 9.17) is 10.5 Å². The molecule has 2 N–H and O–H groups in total. The highest BCUT2D eigenvalue weighted by atomic mass is 19.1. The topological polar surface area (TPSA) is 35.2 Å². The predicted octanol–water partition coefficient (Wildman–Crippen LogP) is 3.00. The van der Waals surface area contributed by atoms with Crippen molar-refractivity contribution in [1.82, 2.24) is 0 Å². The summed E-state index contributed by atoms with van der Waals surface area (Å²) in [7, 11) is 0. The molecule has 2 nitrogen and oxygen atoms in total. The van der Waals surface area contributed by atoms with Crippen LogP contribution < -0.4 is 10.5 Å². The molecule has 0 amide bonds. The van der Waals surface area contributed by atoms with E-state index in [1.165, 1.54) is 24.3 Å². The second kappa shape index (κ2) is 5.60. The fourth-order valence-corrected chi connectivity index (χ4v) is 1.58. The standard InChI is InChI=1S/C14H13F2NO/c15-12-2-1-3-13(7-12)18-9-11-6-10(8-17)4-5-14(11)16/h1-7H,8-9,17H2. The van der Waals surface area contributed by atoms with Gasteiger partial charge in [0, 0.05) is 18.2 Å². The Morgan fingerprint density at radius 1 is 1.06 bits per heavy atom. The highest BCUT2D eigenvalue weighted by Crippen LogP contribution is 2.16. The van der Waals surface area contributed by atoms with Crippen molar-refractivity contribution in [3.05, 3.63) is 65.2 Å². The Bertz CT molecular complexity index is 543. The zero-order valence-corrected chi connectivity index (χ0v) is 9.70. The molecule has 0 heterocycles. The van der Waals surface area contributed by atoms with Crippen LogP contribution >= 0.6 is 0 Å². The third-order valence-corrected chi connectivity index (χ3v) is 2.54. The Hall–Kier alpha value is -1.94. The van der Waals surface area contributed by atoms with Gasteiger partial charge in [0.2, 0.25) is 0 Å². The molecule has 0 saturated carbocycles. The molecule has 0 fully saturated rings. The first-order valence-corrected chi connectivity index (χ1v) is 5.55. The van der Waals surface area contributed by atoms with E-state index in [9.17, 15) is 8.78 Å². The fraction of sp³-hybridized carbons (Fsp3) is 0.143. The Morgan fingerprint density at radius 3 is 2.61 bits per heavy atom. The minimum absolute atomic E-state index is 0.0448. The first-order valence-electron chi connectivity index (χ1n) is 5.55. The summed E-state index contributed by atoms with van der Waals surface area (Å²) in [4.78, 5) is 0. The number of rotatable bonds is 4. The molecule has 4 heteroatoms. The van der Waals surface area contributed by atoms with E-state index < -0.39 is 0 Å². The van der Waals surface area contributed by atoms with E-state index >= 15 is 0 Å². The molecule has 18 heavy (non-hydrogen) atoms. The number of hydrogen-bond donors (Lipinski definition) is 1. The van der Waals surface area contributed by atoms with Gasteiger partial charge >= 0.3 is 0 Å². The first-order chi connectivity index (χ1) is 8.69. The van der Waals surface area contributed by atoms with E-state index in [1.807, 2.05) is 0 Å². The smallest absolute Gasteiger partial charge is 0.129 e. The Morgan fingerprint density at radius 2 is 1.89 bits per heavy atom. The second-order valence-corrected chi connectivity index (χ2v) is 3.88. The largest absolute Gasteiger partial charge is 0.489 e. The van der Waals surface area contributed by atoms with E-state index in [0.717, 1.165) is 5.56 Å². The molecular weight excluding hydrogens is 236 g/mol. The monoisotopic (exact) mass is 249 g/mol. The minimum atomic E-state index is -0.385. The summed E-state index contributed by atoms with van der Waals surface area (Å²) in [6.45, 7) is 0.385. The van der Waals surface area contributed by atoms with Crippen LogP contribution in [0.4, 0.5) is 8.78 Å². The molecular formula is C14H13F2NO. The summed E-state index contributed by atoms with van der Waals surface area (Å²) in [6.07, 6.45) is 0. The van der Waals surface area contributed by atoms with Crippen LogP contribution in [0.1, 0.15) is 11.1 Å². The summed E-state index contributed by atoms with van der Waals surface area (Å²) < 4.78 is 31.7. The third kappa shape index (κ3) is 3.05. The first kappa shape index (κ1) is 12.5. The van der Waals surface area contributed by atoms with Gasteiger partial charge in [-0.1, -0.05) is 12.1 Å². The van der Waals surface area contributed by atoms with Gasteiger partial charge in [-0.2, -0.15) is 0 Å². The SMILES string of the molecule is NCc1ccc(F)c(COc2cccc(F)c2)c1. The number of halogens is 2. The maximum absolute atomic E-state index is 13.5. The highest BCUT2D eigenvalue weighted by Gasteiger charge is 2.04. The van der Waals surface area contributed by atoms with Gasteiger partial charge in [-0.3, -0.25) is 0 Å². The van der Waals surface area contributed by atoms with E-state index in [1.54, 1.807) is 18.2 Å². The Balaban J connectivity index is 2.10. The molecule has 0 aromatic heterocycles. The minimum Gasteiger partial charge on any atom is -0.489 e. The molecule has 0 bridgehead atoms. The van der Waals surface area contributed by atoms with Crippen LogP contribution in [0.3, 0.4) is 0 Å². The Kier molecular flexibility index (Phi) is 3.89. The average Bonchev–Trinajstić information content (AvgIpc) is 2.38. The van der Waals surface area contributed by atoms with E-state index in [0.29, 0.717) is 17.9 Å². The van der Waals surface area contributed by atoms with Crippen LogP contribution in [-0.2, 0) is 13.2 Å². The molecule has 0 radical (unpaired) electrons. The van der Waals surface area contributed by atoms with Gasteiger partial charge in [0.25, 0.3) is 0 Å². The van der Waals surface area contributed by atoms with Crippen LogP contribution in [-0.4, -0.2) is 0 Å². The van der Waals surface area contributed by atoms with Crippen LogP contribution in [0.15, 0.2) is 42.5 Å². The lowest BCUT2D eigenvalue weighted by Gasteiger charge is -2.08.